The smallest absolute Gasteiger partial charge is 0.145 e. The van der Waals surface area contributed by atoms with Crippen LogP contribution in [0, 0.1) is 22.7 Å². The molecule has 0 radical (unpaired) electrons. The van der Waals surface area contributed by atoms with Gasteiger partial charge in [-0.3, -0.25) is 0 Å². The van der Waals surface area contributed by atoms with E-state index in [-0.39, 0.29) is 11.4 Å². The molecule has 0 fully saturated rings. The molecule has 0 atom stereocenters. The van der Waals surface area contributed by atoms with Crippen LogP contribution in [0.3, 0.4) is 0 Å². The van der Waals surface area contributed by atoms with Crippen LogP contribution < -0.4 is 0 Å². The zero-order valence-electron chi connectivity index (χ0n) is 7.28. The molecule has 0 saturated heterocycles. The average molecular weight is 172 g/mol. The molecule has 1 aromatic heterocycles. The monoisotopic (exact) mass is 172 g/mol. The van der Waals surface area contributed by atoms with Crippen molar-refractivity contribution in [2.24, 2.45) is 0 Å². The van der Waals surface area contributed by atoms with Gasteiger partial charge < -0.3 is 0 Å². The molecule has 0 amide bonds. The summed E-state index contributed by atoms with van der Waals surface area (Å²) < 4.78 is 0. The molecule has 1 heterocycles. The van der Waals surface area contributed by atoms with E-state index in [9.17, 15) is 0 Å². The van der Waals surface area contributed by atoms with Crippen LogP contribution in [-0.4, -0.2) is 9.97 Å². The first-order valence-electron chi connectivity index (χ1n) is 3.98. The minimum Gasteiger partial charge on any atom is -0.222 e. The minimum atomic E-state index is 0.259. The van der Waals surface area contributed by atoms with Gasteiger partial charge >= 0.3 is 0 Å². The summed E-state index contributed by atoms with van der Waals surface area (Å²) in [6.07, 6.45) is 1.60. The Kier molecular flexibility index (Phi) is 2.94. The SMILES string of the molecule is CCCc1nc(C#N)cc(C#N)n1. The molecule has 1 aromatic rings. The molecule has 1 rings (SSSR count). The Balaban J connectivity index is 3.11. The Labute approximate surface area is 76.5 Å². The molecule has 0 spiro atoms. The molecule has 4 heteroatoms. The minimum absolute atomic E-state index is 0.259. The summed E-state index contributed by atoms with van der Waals surface area (Å²) in [6.45, 7) is 1.99. The predicted molar refractivity (Wildman–Crippen MR) is 45.5 cm³/mol. The highest BCUT2D eigenvalue weighted by molar-refractivity contribution is 5.29. The number of hydrogen-bond donors (Lipinski definition) is 0. The predicted octanol–water partition coefficient (Wildman–Crippen LogP) is 1.17. The maximum absolute atomic E-state index is 8.60. The summed E-state index contributed by atoms with van der Waals surface area (Å²) in [5, 5.41) is 17.2. The third-order valence-electron chi connectivity index (χ3n) is 1.48. The van der Waals surface area contributed by atoms with Crippen molar-refractivity contribution in [2.45, 2.75) is 19.8 Å². The van der Waals surface area contributed by atoms with Gasteiger partial charge in [0.05, 0.1) is 0 Å². The fourth-order valence-electron chi connectivity index (χ4n) is 0.947. The second-order valence-corrected chi connectivity index (χ2v) is 2.53. The Morgan fingerprint density at radius 3 is 2.15 bits per heavy atom. The van der Waals surface area contributed by atoms with Crippen molar-refractivity contribution < 1.29 is 0 Å². The second kappa shape index (κ2) is 4.18. The van der Waals surface area contributed by atoms with Crippen LogP contribution in [0.25, 0.3) is 0 Å². The Morgan fingerprint density at radius 2 is 1.77 bits per heavy atom. The molecule has 0 unspecified atom stereocenters. The molecule has 0 aromatic carbocycles. The number of nitrogens with zero attached hydrogens (tertiary/aromatic N) is 4. The molecule has 13 heavy (non-hydrogen) atoms. The zero-order chi connectivity index (χ0) is 9.68. The Hall–Kier alpha value is -1.94. The quantitative estimate of drug-likeness (QED) is 0.671. The molecule has 4 nitrogen and oxygen atoms in total. The molecule has 0 aliphatic heterocycles. The van der Waals surface area contributed by atoms with Crippen molar-refractivity contribution in [2.75, 3.05) is 0 Å². The van der Waals surface area contributed by atoms with Crippen LogP contribution in [0.5, 0.6) is 0 Å². The van der Waals surface area contributed by atoms with Crippen LogP contribution >= 0.6 is 0 Å². The largest absolute Gasteiger partial charge is 0.222 e. The number of aryl methyl sites for hydroxylation is 1. The summed E-state index contributed by atoms with van der Waals surface area (Å²) in [6, 6.07) is 5.18. The number of hydrogen-bond acceptors (Lipinski definition) is 4. The first-order valence-corrected chi connectivity index (χ1v) is 3.98. The lowest BCUT2D eigenvalue weighted by Gasteiger charge is -1.97. The lowest BCUT2D eigenvalue weighted by atomic mass is 10.3. The number of aromatic nitrogens is 2. The van der Waals surface area contributed by atoms with Crippen molar-refractivity contribution in [3.63, 3.8) is 0 Å². The van der Waals surface area contributed by atoms with Crippen molar-refractivity contribution >= 4 is 0 Å². The molecular weight excluding hydrogens is 164 g/mol. The van der Waals surface area contributed by atoms with Gasteiger partial charge in [-0.05, 0) is 6.42 Å². The van der Waals surface area contributed by atoms with E-state index in [2.05, 4.69) is 9.97 Å². The van der Waals surface area contributed by atoms with E-state index in [0.717, 1.165) is 6.42 Å². The van der Waals surface area contributed by atoms with E-state index >= 15 is 0 Å². The van der Waals surface area contributed by atoms with Crippen LogP contribution in [-0.2, 0) is 6.42 Å². The van der Waals surface area contributed by atoms with Crippen LogP contribution in [0.15, 0.2) is 6.07 Å². The summed E-state index contributed by atoms with van der Waals surface area (Å²) in [5.41, 5.74) is 0.519. The van der Waals surface area contributed by atoms with Gasteiger partial charge in [-0.2, -0.15) is 10.5 Å². The van der Waals surface area contributed by atoms with Crippen molar-refractivity contribution in [1.29, 1.82) is 10.5 Å². The van der Waals surface area contributed by atoms with Crippen LogP contribution in [0.1, 0.15) is 30.6 Å². The molecular formula is C9H8N4. The summed E-state index contributed by atoms with van der Waals surface area (Å²) in [7, 11) is 0. The first-order chi connectivity index (χ1) is 6.30. The maximum Gasteiger partial charge on any atom is 0.145 e. The van der Waals surface area contributed by atoms with Gasteiger partial charge in [-0.1, -0.05) is 6.92 Å². The van der Waals surface area contributed by atoms with E-state index in [1.807, 2.05) is 19.1 Å². The summed E-state index contributed by atoms with van der Waals surface area (Å²) in [5.74, 6) is 0.568. The van der Waals surface area contributed by atoms with Crippen molar-refractivity contribution in [3.05, 3.63) is 23.3 Å². The van der Waals surface area contributed by atoms with Gasteiger partial charge in [0.15, 0.2) is 0 Å². The van der Waals surface area contributed by atoms with Gasteiger partial charge in [-0.25, -0.2) is 9.97 Å². The van der Waals surface area contributed by atoms with Gasteiger partial charge in [0, 0.05) is 12.5 Å². The molecule has 0 N–H and O–H groups in total. The molecule has 0 saturated carbocycles. The van der Waals surface area contributed by atoms with Crippen molar-refractivity contribution in [1.82, 2.24) is 9.97 Å². The van der Waals surface area contributed by atoms with Gasteiger partial charge in [0.2, 0.25) is 0 Å². The second-order valence-electron chi connectivity index (χ2n) is 2.53. The third kappa shape index (κ3) is 2.25. The highest BCUT2D eigenvalue weighted by Crippen LogP contribution is 2.01. The van der Waals surface area contributed by atoms with Crippen LogP contribution in [0.4, 0.5) is 0 Å². The Bertz CT molecular complexity index is 351. The molecule has 0 aliphatic carbocycles. The highest BCUT2D eigenvalue weighted by atomic mass is 14.9. The number of rotatable bonds is 2. The standard InChI is InChI=1S/C9H8N4/c1-2-3-9-12-7(5-10)4-8(6-11)13-9/h4H,2-3H2,1H3. The van der Waals surface area contributed by atoms with E-state index in [0.29, 0.717) is 12.2 Å². The first kappa shape index (κ1) is 9.15. The summed E-state index contributed by atoms with van der Waals surface area (Å²) >= 11 is 0. The van der Waals surface area contributed by atoms with Gasteiger partial charge in [-0.15, -0.1) is 0 Å². The molecule has 0 bridgehead atoms. The molecule has 0 aliphatic rings. The molecule has 64 valence electrons. The van der Waals surface area contributed by atoms with Gasteiger partial charge in [0.1, 0.15) is 29.4 Å². The zero-order valence-corrected chi connectivity index (χ0v) is 7.28. The Morgan fingerprint density at radius 1 is 1.23 bits per heavy atom. The van der Waals surface area contributed by atoms with E-state index in [1.54, 1.807) is 0 Å². The summed E-state index contributed by atoms with van der Waals surface area (Å²) in [4.78, 5) is 7.93. The lowest BCUT2D eigenvalue weighted by molar-refractivity contribution is 0.826. The van der Waals surface area contributed by atoms with E-state index < -0.39 is 0 Å². The fourth-order valence-corrected chi connectivity index (χ4v) is 0.947. The fraction of sp³-hybridized carbons (Fsp3) is 0.333. The average Bonchev–Trinajstić information content (AvgIpc) is 2.17. The van der Waals surface area contributed by atoms with E-state index in [1.165, 1.54) is 6.07 Å². The third-order valence-corrected chi connectivity index (χ3v) is 1.48. The van der Waals surface area contributed by atoms with Crippen molar-refractivity contribution in [3.8, 4) is 12.1 Å². The topological polar surface area (TPSA) is 73.4 Å². The van der Waals surface area contributed by atoms with Crippen LogP contribution in [0.2, 0.25) is 0 Å². The maximum atomic E-state index is 8.60. The normalized spacial score (nSPS) is 8.85. The van der Waals surface area contributed by atoms with E-state index in [4.69, 9.17) is 10.5 Å². The lowest BCUT2D eigenvalue weighted by Crippen LogP contribution is -1.99. The van der Waals surface area contributed by atoms with Gasteiger partial charge in [0.25, 0.3) is 0 Å². The highest BCUT2D eigenvalue weighted by Gasteiger charge is 2.02. The number of nitriles is 2.